The minimum absolute atomic E-state index is 0.187. The Labute approximate surface area is 154 Å². The molecule has 4 nitrogen and oxygen atoms in total. The van der Waals surface area contributed by atoms with E-state index in [0.29, 0.717) is 32.7 Å². The van der Waals surface area contributed by atoms with Crippen molar-refractivity contribution in [3.8, 4) is 0 Å². The van der Waals surface area contributed by atoms with E-state index >= 15 is 0 Å². The number of ether oxygens (including phenoxy) is 1. The Hall–Kier alpha value is -2.59. The molecule has 0 N–H and O–H groups in total. The zero-order chi connectivity index (χ0) is 17.9. The van der Waals surface area contributed by atoms with Crippen LogP contribution in [0.5, 0.6) is 0 Å². The number of carbonyl (C=O) groups is 1. The van der Waals surface area contributed by atoms with Crippen LogP contribution in [0.1, 0.15) is 16.7 Å². The number of nitrogens with zero attached hydrogens (tertiary/aromatic N) is 2. The average Bonchev–Trinajstić information content (AvgIpc) is 3.02. The molecule has 0 aliphatic carbocycles. The number of amides is 1. The van der Waals surface area contributed by atoms with Gasteiger partial charge in [0.2, 0.25) is 5.91 Å². The van der Waals surface area contributed by atoms with Gasteiger partial charge in [-0.25, -0.2) is 0 Å². The predicted octanol–water partition coefficient (Wildman–Crippen LogP) is 3.40. The van der Waals surface area contributed by atoms with Gasteiger partial charge < -0.3 is 14.2 Å². The van der Waals surface area contributed by atoms with Crippen LogP contribution in [-0.4, -0.2) is 41.7 Å². The van der Waals surface area contributed by atoms with E-state index in [2.05, 4.69) is 60.2 Å². The molecule has 1 aromatic heterocycles. The summed E-state index contributed by atoms with van der Waals surface area (Å²) in [5, 5.41) is 1.17. The van der Waals surface area contributed by atoms with E-state index in [9.17, 15) is 4.79 Å². The van der Waals surface area contributed by atoms with Crippen molar-refractivity contribution in [2.75, 3.05) is 26.3 Å². The van der Waals surface area contributed by atoms with Gasteiger partial charge in [-0.2, -0.15) is 0 Å². The molecule has 1 amide bonds. The molecule has 0 radical (unpaired) electrons. The summed E-state index contributed by atoms with van der Waals surface area (Å²) in [5.74, 6) is 0.187. The Balaban J connectivity index is 1.61. The number of hydrogen-bond donors (Lipinski definition) is 0. The number of hydrogen-bond acceptors (Lipinski definition) is 2. The SMILES string of the molecule is Cc1ccc(Cn2cc(CC(=O)N3CCOCC3)c3ccccc32)cc1. The molecule has 0 saturated carbocycles. The van der Waals surface area contributed by atoms with Crippen molar-refractivity contribution in [2.45, 2.75) is 19.9 Å². The first-order valence-corrected chi connectivity index (χ1v) is 9.18. The molecule has 134 valence electrons. The maximum Gasteiger partial charge on any atom is 0.227 e. The lowest BCUT2D eigenvalue weighted by Gasteiger charge is -2.26. The normalized spacial score (nSPS) is 14.7. The van der Waals surface area contributed by atoms with E-state index in [1.807, 2.05) is 11.0 Å². The second-order valence-corrected chi connectivity index (χ2v) is 6.95. The van der Waals surface area contributed by atoms with Gasteiger partial charge in [0.05, 0.1) is 19.6 Å². The highest BCUT2D eigenvalue weighted by molar-refractivity contribution is 5.89. The zero-order valence-electron chi connectivity index (χ0n) is 15.1. The third-order valence-corrected chi connectivity index (χ3v) is 5.05. The van der Waals surface area contributed by atoms with E-state index in [1.165, 1.54) is 22.0 Å². The van der Waals surface area contributed by atoms with Crippen molar-refractivity contribution in [2.24, 2.45) is 0 Å². The summed E-state index contributed by atoms with van der Waals surface area (Å²) in [6, 6.07) is 17.0. The van der Waals surface area contributed by atoms with Crippen molar-refractivity contribution in [3.05, 3.63) is 71.4 Å². The predicted molar refractivity (Wildman–Crippen MR) is 103 cm³/mol. The third-order valence-electron chi connectivity index (χ3n) is 5.05. The zero-order valence-corrected chi connectivity index (χ0v) is 15.1. The fourth-order valence-corrected chi connectivity index (χ4v) is 3.57. The van der Waals surface area contributed by atoms with E-state index < -0.39 is 0 Å². The molecule has 3 aromatic rings. The number of benzene rings is 2. The number of para-hydroxylation sites is 1. The minimum Gasteiger partial charge on any atom is -0.378 e. The molecule has 0 bridgehead atoms. The first-order valence-electron chi connectivity index (χ1n) is 9.18. The van der Waals surface area contributed by atoms with Gasteiger partial charge in [-0.15, -0.1) is 0 Å². The minimum atomic E-state index is 0.187. The monoisotopic (exact) mass is 348 g/mol. The third kappa shape index (κ3) is 3.51. The molecule has 1 aliphatic heterocycles. The molecule has 4 heteroatoms. The number of morpholine rings is 1. The molecule has 1 aliphatic rings. The largest absolute Gasteiger partial charge is 0.378 e. The quantitative estimate of drug-likeness (QED) is 0.724. The molecule has 0 atom stereocenters. The van der Waals surface area contributed by atoms with Crippen LogP contribution in [-0.2, 0) is 22.5 Å². The summed E-state index contributed by atoms with van der Waals surface area (Å²) in [6.07, 6.45) is 2.59. The maximum atomic E-state index is 12.7. The van der Waals surface area contributed by atoms with Gasteiger partial charge in [-0.05, 0) is 24.1 Å². The van der Waals surface area contributed by atoms with E-state index in [1.54, 1.807) is 0 Å². The summed E-state index contributed by atoms with van der Waals surface area (Å²) in [6.45, 7) is 5.58. The van der Waals surface area contributed by atoms with Gasteiger partial charge in [0.15, 0.2) is 0 Å². The van der Waals surface area contributed by atoms with Crippen LogP contribution in [0.4, 0.5) is 0 Å². The second kappa shape index (κ2) is 7.34. The highest BCUT2D eigenvalue weighted by atomic mass is 16.5. The lowest BCUT2D eigenvalue weighted by molar-refractivity contribution is -0.134. The topological polar surface area (TPSA) is 34.5 Å². The van der Waals surface area contributed by atoms with Crippen molar-refractivity contribution in [1.82, 2.24) is 9.47 Å². The summed E-state index contributed by atoms with van der Waals surface area (Å²) >= 11 is 0. The van der Waals surface area contributed by atoms with Crippen LogP contribution in [0, 0.1) is 6.92 Å². The standard InChI is InChI=1S/C22H24N2O2/c1-17-6-8-18(9-7-17)15-24-16-19(20-4-2-3-5-21(20)24)14-22(25)23-10-12-26-13-11-23/h2-9,16H,10-15H2,1H3. The molecular formula is C22H24N2O2. The highest BCUT2D eigenvalue weighted by Crippen LogP contribution is 2.23. The van der Waals surface area contributed by atoms with Crippen molar-refractivity contribution in [3.63, 3.8) is 0 Å². The smallest absolute Gasteiger partial charge is 0.227 e. The highest BCUT2D eigenvalue weighted by Gasteiger charge is 2.19. The van der Waals surface area contributed by atoms with E-state index in [4.69, 9.17) is 4.74 Å². The van der Waals surface area contributed by atoms with Crippen LogP contribution in [0.25, 0.3) is 10.9 Å². The van der Waals surface area contributed by atoms with Gasteiger partial charge in [0.25, 0.3) is 0 Å². The Bertz CT molecular complexity index is 906. The first kappa shape index (κ1) is 16.9. The maximum absolute atomic E-state index is 12.7. The van der Waals surface area contributed by atoms with Gasteiger partial charge in [0, 0.05) is 36.7 Å². The molecule has 1 fully saturated rings. The van der Waals surface area contributed by atoms with Crippen LogP contribution < -0.4 is 0 Å². The van der Waals surface area contributed by atoms with Crippen molar-refractivity contribution in [1.29, 1.82) is 0 Å². The molecule has 26 heavy (non-hydrogen) atoms. The van der Waals surface area contributed by atoms with Crippen LogP contribution in [0.2, 0.25) is 0 Å². The Morgan fingerprint density at radius 1 is 1.04 bits per heavy atom. The molecule has 1 saturated heterocycles. The summed E-state index contributed by atoms with van der Waals surface area (Å²) < 4.78 is 7.60. The molecule has 0 unspecified atom stereocenters. The molecule has 0 spiro atoms. The second-order valence-electron chi connectivity index (χ2n) is 6.95. The molecule has 4 rings (SSSR count). The number of aryl methyl sites for hydroxylation is 1. The molecule has 2 aromatic carbocycles. The van der Waals surface area contributed by atoms with Crippen LogP contribution in [0.3, 0.4) is 0 Å². The van der Waals surface area contributed by atoms with Crippen LogP contribution in [0.15, 0.2) is 54.7 Å². The molecule has 2 heterocycles. The Morgan fingerprint density at radius 3 is 2.54 bits per heavy atom. The average molecular weight is 348 g/mol. The van der Waals surface area contributed by atoms with Gasteiger partial charge in [-0.1, -0.05) is 48.0 Å². The van der Waals surface area contributed by atoms with Crippen LogP contribution >= 0.6 is 0 Å². The fourth-order valence-electron chi connectivity index (χ4n) is 3.57. The van der Waals surface area contributed by atoms with E-state index in [-0.39, 0.29) is 5.91 Å². The Morgan fingerprint density at radius 2 is 1.77 bits per heavy atom. The summed E-state index contributed by atoms with van der Waals surface area (Å²) in [4.78, 5) is 14.6. The van der Waals surface area contributed by atoms with Gasteiger partial charge in [0.1, 0.15) is 0 Å². The first-order chi connectivity index (χ1) is 12.7. The van der Waals surface area contributed by atoms with Gasteiger partial charge >= 0.3 is 0 Å². The molecular weight excluding hydrogens is 324 g/mol. The lowest BCUT2D eigenvalue weighted by atomic mass is 10.1. The number of fused-ring (bicyclic) bond motifs is 1. The fraction of sp³-hybridized carbons (Fsp3) is 0.318. The van der Waals surface area contributed by atoms with E-state index in [0.717, 1.165) is 12.1 Å². The number of rotatable bonds is 4. The lowest BCUT2D eigenvalue weighted by Crippen LogP contribution is -2.41. The van der Waals surface area contributed by atoms with Crippen molar-refractivity contribution < 1.29 is 9.53 Å². The van der Waals surface area contributed by atoms with Gasteiger partial charge in [-0.3, -0.25) is 4.79 Å². The number of aromatic nitrogens is 1. The number of carbonyl (C=O) groups excluding carboxylic acids is 1. The van der Waals surface area contributed by atoms with Crippen molar-refractivity contribution >= 4 is 16.8 Å². The Kier molecular flexibility index (Phi) is 4.76. The summed E-state index contributed by atoms with van der Waals surface area (Å²) in [5.41, 5.74) is 4.81. The summed E-state index contributed by atoms with van der Waals surface area (Å²) in [7, 11) is 0.